The number of amides is 1. The molecule has 0 saturated carbocycles. The van der Waals surface area contributed by atoms with Gasteiger partial charge in [-0.15, -0.1) is 0 Å². The molecular formula is C16H19Cl2NO3. The van der Waals surface area contributed by atoms with Crippen LogP contribution in [0.15, 0.2) is 18.2 Å². The summed E-state index contributed by atoms with van der Waals surface area (Å²) in [4.78, 5) is 26.1. The fraction of sp³-hybridized carbons (Fsp3) is 0.500. The van der Waals surface area contributed by atoms with Crippen molar-refractivity contribution in [1.82, 2.24) is 4.90 Å². The SMILES string of the molecule is CC(C)(C)OC(=O)N1CCC(C(=O)c2cc(Cl)ccc2Cl)C1. The van der Waals surface area contributed by atoms with Crippen molar-refractivity contribution >= 4 is 35.1 Å². The lowest BCUT2D eigenvalue weighted by atomic mass is 9.97. The van der Waals surface area contributed by atoms with Gasteiger partial charge >= 0.3 is 6.09 Å². The Labute approximate surface area is 140 Å². The fourth-order valence-corrected chi connectivity index (χ4v) is 2.76. The molecule has 0 aliphatic carbocycles. The van der Waals surface area contributed by atoms with E-state index in [1.165, 1.54) is 0 Å². The van der Waals surface area contributed by atoms with Gasteiger partial charge < -0.3 is 9.64 Å². The van der Waals surface area contributed by atoms with Crippen LogP contribution in [0, 0.1) is 5.92 Å². The highest BCUT2D eigenvalue weighted by Crippen LogP contribution is 2.28. The lowest BCUT2D eigenvalue weighted by molar-refractivity contribution is 0.0289. The smallest absolute Gasteiger partial charge is 0.410 e. The molecule has 120 valence electrons. The van der Waals surface area contributed by atoms with Gasteiger partial charge in [0, 0.05) is 29.6 Å². The minimum Gasteiger partial charge on any atom is -0.444 e. The zero-order valence-corrected chi connectivity index (χ0v) is 14.4. The molecule has 1 atom stereocenters. The van der Waals surface area contributed by atoms with Gasteiger partial charge in [0.2, 0.25) is 0 Å². The third kappa shape index (κ3) is 4.14. The average molecular weight is 344 g/mol. The molecule has 1 heterocycles. The van der Waals surface area contributed by atoms with Gasteiger partial charge in [-0.05, 0) is 45.4 Å². The third-order valence-electron chi connectivity index (χ3n) is 3.40. The lowest BCUT2D eigenvalue weighted by Gasteiger charge is -2.24. The molecular weight excluding hydrogens is 325 g/mol. The molecule has 1 aromatic carbocycles. The van der Waals surface area contributed by atoms with Crippen LogP contribution in [0.1, 0.15) is 37.6 Å². The first-order valence-corrected chi connectivity index (χ1v) is 7.90. The Morgan fingerprint density at radius 2 is 1.95 bits per heavy atom. The van der Waals surface area contributed by atoms with Crippen molar-refractivity contribution in [1.29, 1.82) is 0 Å². The minimum atomic E-state index is -0.546. The molecule has 6 heteroatoms. The van der Waals surface area contributed by atoms with Crippen LogP contribution in [0.3, 0.4) is 0 Å². The van der Waals surface area contributed by atoms with E-state index in [2.05, 4.69) is 0 Å². The number of hydrogen-bond acceptors (Lipinski definition) is 3. The quantitative estimate of drug-likeness (QED) is 0.746. The number of Topliss-reactive ketones (excluding diaryl/α,β-unsaturated/α-hetero) is 1. The molecule has 2 rings (SSSR count). The van der Waals surface area contributed by atoms with Crippen molar-refractivity contribution < 1.29 is 14.3 Å². The van der Waals surface area contributed by atoms with E-state index in [1.807, 2.05) is 20.8 Å². The van der Waals surface area contributed by atoms with Gasteiger partial charge in [0.05, 0.1) is 5.02 Å². The third-order valence-corrected chi connectivity index (χ3v) is 3.97. The molecule has 1 amide bonds. The van der Waals surface area contributed by atoms with E-state index in [0.29, 0.717) is 35.1 Å². The minimum absolute atomic E-state index is 0.0847. The number of ether oxygens (including phenoxy) is 1. The van der Waals surface area contributed by atoms with Crippen LogP contribution >= 0.6 is 23.2 Å². The number of carbonyl (C=O) groups excluding carboxylic acids is 2. The Balaban J connectivity index is 2.05. The van der Waals surface area contributed by atoms with Gasteiger partial charge in [0.1, 0.15) is 5.60 Å². The second-order valence-corrected chi connectivity index (χ2v) is 7.24. The van der Waals surface area contributed by atoms with Crippen molar-refractivity contribution in [3.8, 4) is 0 Å². The van der Waals surface area contributed by atoms with Crippen LogP contribution in [-0.4, -0.2) is 35.5 Å². The van der Waals surface area contributed by atoms with Gasteiger partial charge in [0.15, 0.2) is 5.78 Å². The zero-order chi connectivity index (χ0) is 16.5. The van der Waals surface area contributed by atoms with E-state index in [9.17, 15) is 9.59 Å². The maximum absolute atomic E-state index is 12.6. The summed E-state index contributed by atoms with van der Waals surface area (Å²) in [7, 11) is 0. The van der Waals surface area contributed by atoms with Crippen LogP contribution in [0.4, 0.5) is 4.79 Å². The van der Waals surface area contributed by atoms with Crippen molar-refractivity contribution in [2.75, 3.05) is 13.1 Å². The predicted molar refractivity (Wildman–Crippen MR) is 86.7 cm³/mol. The molecule has 22 heavy (non-hydrogen) atoms. The summed E-state index contributed by atoms with van der Waals surface area (Å²) in [6.07, 6.45) is 0.209. The van der Waals surface area contributed by atoms with Gasteiger partial charge in [-0.1, -0.05) is 23.2 Å². The number of halogens is 2. The first-order valence-electron chi connectivity index (χ1n) is 7.14. The summed E-state index contributed by atoms with van der Waals surface area (Å²) in [5, 5.41) is 0.847. The Bertz CT molecular complexity index is 596. The maximum atomic E-state index is 12.6. The monoisotopic (exact) mass is 343 g/mol. The standard InChI is InChI=1S/C16H19Cl2NO3/c1-16(2,3)22-15(21)19-7-6-10(9-19)14(20)12-8-11(17)4-5-13(12)18/h4-5,8,10H,6-7,9H2,1-3H3. The molecule has 4 nitrogen and oxygen atoms in total. The first kappa shape index (κ1) is 17.1. The largest absolute Gasteiger partial charge is 0.444 e. The molecule has 1 aliphatic rings. The highest BCUT2D eigenvalue weighted by atomic mass is 35.5. The molecule has 0 radical (unpaired) electrons. The summed E-state index contributed by atoms with van der Waals surface area (Å²) < 4.78 is 5.33. The maximum Gasteiger partial charge on any atom is 0.410 e. The van der Waals surface area contributed by atoms with E-state index < -0.39 is 5.60 Å². The predicted octanol–water partition coefficient (Wildman–Crippen LogP) is 4.43. The first-order chi connectivity index (χ1) is 10.2. The molecule has 1 unspecified atom stereocenters. The summed E-state index contributed by atoms with van der Waals surface area (Å²) >= 11 is 12.0. The summed E-state index contributed by atoms with van der Waals surface area (Å²) in [6, 6.07) is 4.82. The molecule has 0 aromatic heterocycles. The topological polar surface area (TPSA) is 46.6 Å². The van der Waals surface area contributed by atoms with Crippen LogP contribution in [0.25, 0.3) is 0 Å². The van der Waals surface area contributed by atoms with E-state index >= 15 is 0 Å². The Hall–Kier alpha value is -1.26. The Morgan fingerprint density at radius 3 is 2.59 bits per heavy atom. The summed E-state index contributed by atoms with van der Waals surface area (Å²) in [5.41, 5.74) is -0.139. The van der Waals surface area contributed by atoms with Crippen molar-refractivity contribution in [3.63, 3.8) is 0 Å². The molecule has 1 aliphatic heterocycles. The number of hydrogen-bond donors (Lipinski definition) is 0. The van der Waals surface area contributed by atoms with Crippen molar-refractivity contribution in [2.24, 2.45) is 5.92 Å². The van der Waals surface area contributed by atoms with E-state index in [4.69, 9.17) is 27.9 Å². The van der Waals surface area contributed by atoms with Gasteiger partial charge in [-0.3, -0.25) is 4.79 Å². The molecule has 0 N–H and O–H groups in total. The van der Waals surface area contributed by atoms with Crippen LogP contribution in [-0.2, 0) is 4.74 Å². The van der Waals surface area contributed by atoms with Crippen molar-refractivity contribution in [2.45, 2.75) is 32.8 Å². The van der Waals surface area contributed by atoms with E-state index in [-0.39, 0.29) is 17.8 Å². The second-order valence-electron chi connectivity index (χ2n) is 6.40. The normalized spacial score (nSPS) is 18.4. The highest BCUT2D eigenvalue weighted by molar-refractivity contribution is 6.36. The lowest BCUT2D eigenvalue weighted by Crippen LogP contribution is -2.35. The number of carbonyl (C=O) groups is 2. The molecule has 0 spiro atoms. The van der Waals surface area contributed by atoms with E-state index in [0.717, 1.165) is 0 Å². The molecule has 1 fully saturated rings. The Kier molecular flexibility index (Phi) is 5.03. The van der Waals surface area contributed by atoms with E-state index in [1.54, 1.807) is 23.1 Å². The highest BCUT2D eigenvalue weighted by Gasteiger charge is 2.34. The van der Waals surface area contributed by atoms with Crippen LogP contribution in [0.2, 0.25) is 10.0 Å². The van der Waals surface area contributed by atoms with Crippen LogP contribution in [0.5, 0.6) is 0 Å². The molecule has 0 bridgehead atoms. The summed E-state index contributed by atoms with van der Waals surface area (Å²) in [6.45, 7) is 6.29. The van der Waals surface area contributed by atoms with Gasteiger partial charge in [0.25, 0.3) is 0 Å². The number of nitrogens with zero attached hydrogens (tertiary/aromatic N) is 1. The fourth-order valence-electron chi connectivity index (χ4n) is 2.37. The van der Waals surface area contributed by atoms with Crippen LogP contribution < -0.4 is 0 Å². The average Bonchev–Trinajstić information content (AvgIpc) is 2.88. The molecule has 1 aromatic rings. The van der Waals surface area contributed by atoms with Gasteiger partial charge in [-0.25, -0.2) is 4.79 Å². The number of rotatable bonds is 2. The molecule has 1 saturated heterocycles. The number of benzene rings is 1. The Morgan fingerprint density at radius 1 is 1.27 bits per heavy atom. The van der Waals surface area contributed by atoms with Crippen molar-refractivity contribution in [3.05, 3.63) is 33.8 Å². The van der Waals surface area contributed by atoms with Gasteiger partial charge in [-0.2, -0.15) is 0 Å². The summed E-state index contributed by atoms with van der Waals surface area (Å²) in [5.74, 6) is -0.359. The second kappa shape index (κ2) is 6.47. The number of likely N-dealkylation sites (tertiary alicyclic amines) is 1. The zero-order valence-electron chi connectivity index (χ0n) is 12.9. The number of ketones is 1.